The van der Waals surface area contributed by atoms with Gasteiger partial charge in [0, 0.05) is 28.4 Å². The van der Waals surface area contributed by atoms with Crippen molar-refractivity contribution in [3.05, 3.63) is 145 Å². The first-order valence-electron chi connectivity index (χ1n) is 11.8. The van der Waals surface area contributed by atoms with Crippen LogP contribution in [-0.4, -0.2) is 5.11 Å². The van der Waals surface area contributed by atoms with E-state index < -0.39 is 17.0 Å². The summed E-state index contributed by atoms with van der Waals surface area (Å²) in [7, 11) is 10.1. The molecule has 6 heteroatoms. The summed E-state index contributed by atoms with van der Waals surface area (Å²) < 4.78 is 0. The van der Waals surface area contributed by atoms with E-state index in [0.29, 0.717) is 20.8 Å². The van der Waals surface area contributed by atoms with E-state index in [1.165, 1.54) is 10.9 Å². The molecule has 2 nitrogen and oxygen atoms in total. The number of hydrogen-bond acceptors (Lipinski definition) is 2. The molecule has 0 fully saturated rings. The molecular formula is C31H26Cl2NOPTi. The molecule has 5 rings (SSSR count). The predicted molar refractivity (Wildman–Crippen MR) is 158 cm³/mol. The van der Waals surface area contributed by atoms with Crippen LogP contribution in [0.25, 0.3) is 0 Å². The zero-order valence-corrected chi connectivity index (χ0v) is 24.1. The number of phenolic OH excluding ortho intramolecular Hbond substituents is 1. The maximum atomic E-state index is 11.2. The summed E-state index contributed by atoms with van der Waals surface area (Å²) >= 11 is -0.556. The van der Waals surface area contributed by atoms with E-state index in [0.717, 1.165) is 27.9 Å². The quantitative estimate of drug-likeness (QED) is 0.155. The Bertz CT molecular complexity index is 1350. The van der Waals surface area contributed by atoms with Crippen LogP contribution in [-0.2, 0) is 23.5 Å². The second kappa shape index (κ2) is 14.4. The average molecular weight is 578 g/mol. The van der Waals surface area contributed by atoms with Crippen molar-refractivity contribution in [2.45, 2.75) is 6.42 Å². The van der Waals surface area contributed by atoms with Gasteiger partial charge in [-0.05, 0) is 41.5 Å². The summed E-state index contributed by atoms with van der Waals surface area (Å²) in [5, 5.41) is 13.3. The van der Waals surface area contributed by atoms with Crippen LogP contribution in [0.4, 0.5) is 17.1 Å². The van der Waals surface area contributed by atoms with Gasteiger partial charge < -0.3 is 10.0 Å². The van der Waals surface area contributed by atoms with Crippen molar-refractivity contribution in [3.63, 3.8) is 0 Å². The number of nitrogens with zero attached hydrogens (tertiary/aromatic N) is 1. The number of phenols is 1. The molecule has 0 aliphatic rings. The van der Waals surface area contributed by atoms with Gasteiger partial charge in [0.05, 0.1) is 5.69 Å². The minimum atomic E-state index is -0.556. The summed E-state index contributed by atoms with van der Waals surface area (Å²) in [6, 6.07) is 45.7. The molecule has 1 atom stereocenters. The SMILES string of the molecule is Oc1c(Cc2ccccc2)cccc1Pc1ccccc1N(c1ccccc1)c1ccccc1.[Cl][Ti][Cl]. The first kappa shape index (κ1) is 27.5. The van der Waals surface area contributed by atoms with Gasteiger partial charge in [-0.2, -0.15) is 0 Å². The molecule has 0 amide bonds. The summed E-state index contributed by atoms with van der Waals surface area (Å²) in [6.45, 7) is 0. The van der Waals surface area contributed by atoms with Gasteiger partial charge in [0.15, 0.2) is 0 Å². The van der Waals surface area contributed by atoms with E-state index in [4.69, 9.17) is 18.6 Å². The molecule has 184 valence electrons. The zero-order valence-electron chi connectivity index (χ0n) is 20.1. The molecule has 0 saturated heterocycles. The van der Waals surface area contributed by atoms with Gasteiger partial charge in [-0.1, -0.05) is 112 Å². The van der Waals surface area contributed by atoms with E-state index in [-0.39, 0.29) is 0 Å². The van der Waals surface area contributed by atoms with Crippen LogP contribution in [0, 0.1) is 0 Å². The van der Waals surface area contributed by atoms with Crippen molar-refractivity contribution in [1.29, 1.82) is 0 Å². The fraction of sp³-hybridized carbons (Fsp3) is 0.0323. The Balaban J connectivity index is 0.00000102. The molecule has 0 saturated carbocycles. The minimum absolute atomic E-state index is 0.322. The second-order valence-electron chi connectivity index (χ2n) is 8.20. The number of anilines is 3. The molecule has 0 radical (unpaired) electrons. The van der Waals surface area contributed by atoms with Gasteiger partial charge in [-0.25, -0.2) is 0 Å². The van der Waals surface area contributed by atoms with Gasteiger partial charge in [0.1, 0.15) is 5.75 Å². The summed E-state index contributed by atoms with van der Waals surface area (Å²) in [6.07, 6.45) is 0.715. The summed E-state index contributed by atoms with van der Waals surface area (Å²) in [5.41, 5.74) is 5.47. The molecule has 0 aliphatic heterocycles. The molecule has 0 bridgehead atoms. The molecule has 0 heterocycles. The Hall–Kier alpha value is -2.58. The molecule has 0 aromatic heterocycles. The molecule has 5 aromatic carbocycles. The number of hydrogen-bond donors (Lipinski definition) is 1. The van der Waals surface area contributed by atoms with E-state index in [2.05, 4.69) is 95.9 Å². The molecule has 37 heavy (non-hydrogen) atoms. The van der Waals surface area contributed by atoms with Crippen molar-refractivity contribution in [3.8, 4) is 5.75 Å². The average Bonchev–Trinajstić information content (AvgIpc) is 2.94. The first-order chi connectivity index (χ1) is 18.2. The molecule has 5 aromatic rings. The molecule has 0 spiro atoms. The van der Waals surface area contributed by atoms with Crippen LogP contribution in [0.1, 0.15) is 11.1 Å². The number of aromatic hydroxyl groups is 1. The van der Waals surface area contributed by atoms with Crippen molar-refractivity contribution in [1.82, 2.24) is 0 Å². The summed E-state index contributed by atoms with van der Waals surface area (Å²) in [5.74, 6) is 0.394. The Morgan fingerprint density at radius 2 is 1.08 bits per heavy atom. The predicted octanol–water partition coefficient (Wildman–Crippen LogP) is 8.46. The Morgan fingerprint density at radius 1 is 0.595 bits per heavy atom. The Kier molecular flexibility index (Phi) is 10.7. The standard InChI is InChI=1S/C31H26NOP.2ClH.Ti/c33-31-25(23-24-13-4-1-5-14-24)15-12-22-30(31)34-29-21-11-10-20-28(29)32(26-16-6-2-7-17-26)27-18-8-3-9-19-27;;;/h1-22,33-34H,23H2;2*1H;/q;;;+2/p-2. The third-order valence-corrected chi connectivity index (χ3v) is 7.17. The van der Waals surface area contributed by atoms with E-state index in [1.807, 2.05) is 42.5 Å². The molecular weight excluding hydrogens is 552 g/mol. The monoisotopic (exact) mass is 577 g/mol. The Labute approximate surface area is 237 Å². The van der Waals surface area contributed by atoms with Crippen LogP contribution in [0.3, 0.4) is 0 Å². The van der Waals surface area contributed by atoms with Gasteiger partial charge in [0.2, 0.25) is 0 Å². The third-order valence-electron chi connectivity index (χ3n) is 5.80. The van der Waals surface area contributed by atoms with Crippen LogP contribution >= 0.6 is 27.2 Å². The van der Waals surface area contributed by atoms with E-state index in [1.54, 1.807) is 0 Å². The maximum absolute atomic E-state index is 11.2. The van der Waals surface area contributed by atoms with Crippen molar-refractivity contribution >= 4 is 54.9 Å². The molecule has 1 N–H and O–H groups in total. The third kappa shape index (κ3) is 7.48. The number of halogens is 2. The van der Waals surface area contributed by atoms with Crippen molar-refractivity contribution in [2.24, 2.45) is 0 Å². The zero-order chi connectivity index (χ0) is 25.9. The topological polar surface area (TPSA) is 23.5 Å². The van der Waals surface area contributed by atoms with Crippen LogP contribution in [0.15, 0.2) is 133 Å². The van der Waals surface area contributed by atoms with Crippen molar-refractivity contribution in [2.75, 3.05) is 4.90 Å². The summed E-state index contributed by atoms with van der Waals surface area (Å²) in [4.78, 5) is 2.28. The molecule has 0 aliphatic carbocycles. The van der Waals surface area contributed by atoms with E-state index >= 15 is 0 Å². The van der Waals surface area contributed by atoms with Crippen LogP contribution in [0.2, 0.25) is 0 Å². The molecule has 1 unspecified atom stereocenters. The van der Waals surface area contributed by atoms with Crippen LogP contribution in [0.5, 0.6) is 5.75 Å². The number of benzene rings is 5. The van der Waals surface area contributed by atoms with Gasteiger partial charge in [0.25, 0.3) is 0 Å². The van der Waals surface area contributed by atoms with E-state index in [9.17, 15) is 5.11 Å². The Morgan fingerprint density at radius 3 is 1.68 bits per heavy atom. The fourth-order valence-corrected chi connectivity index (χ4v) is 5.40. The van der Waals surface area contributed by atoms with Crippen molar-refractivity contribution < 1.29 is 22.1 Å². The normalized spacial score (nSPS) is 10.5. The number of para-hydroxylation sites is 4. The van der Waals surface area contributed by atoms with Crippen LogP contribution < -0.4 is 15.5 Å². The van der Waals surface area contributed by atoms with Gasteiger partial charge in [-0.3, -0.25) is 0 Å². The fourth-order valence-electron chi connectivity index (χ4n) is 4.15. The van der Waals surface area contributed by atoms with Gasteiger partial charge in [-0.15, -0.1) is 0 Å². The van der Waals surface area contributed by atoms with Gasteiger partial charge >= 0.3 is 35.6 Å². The first-order valence-corrected chi connectivity index (χ1v) is 17.1. The second-order valence-corrected chi connectivity index (χ2v) is 12.1. The number of rotatable bonds is 7.